The SMILES string of the molecule is CC[O][Al][CH2]C. The summed E-state index contributed by atoms with van der Waals surface area (Å²) in [7, 11) is 0. The van der Waals surface area contributed by atoms with Crippen molar-refractivity contribution in [2.24, 2.45) is 0 Å². The Kier molecular flexibility index (Phi) is 5.94. The summed E-state index contributed by atoms with van der Waals surface area (Å²) in [6.45, 7) is 5.07. The van der Waals surface area contributed by atoms with Gasteiger partial charge >= 0.3 is 15.6 Å². The molecule has 0 bridgehead atoms. The Hall–Kier alpha value is 0.492. The standard InChI is InChI=1S/C2H5O.C2H5.Al/c1-2-3;1-2;/h2H2,1H3;1H2,2H3;/q-1;;+1. The molecule has 0 aliphatic rings. The number of rotatable bonds is 3. The summed E-state index contributed by atoms with van der Waals surface area (Å²) in [6.07, 6.45) is 0. The van der Waals surface area contributed by atoms with Crippen LogP contribution < -0.4 is 0 Å². The first-order valence-electron chi connectivity index (χ1n) is 2.35. The molecule has 0 unspecified atom stereocenters. The first-order valence-corrected chi connectivity index (χ1v) is 3.63. The lowest BCUT2D eigenvalue weighted by atomic mass is 10.9. The minimum absolute atomic E-state index is 0.318. The first kappa shape index (κ1) is 6.49. The summed E-state index contributed by atoms with van der Waals surface area (Å²) < 4.78 is 5.07. The van der Waals surface area contributed by atoms with Crippen LogP contribution in [0.4, 0.5) is 0 Å². The van der Waals surface area contributed by atoms with Gasteiger partial charge in [-0.05, 0) is 6.92 Å². The van der Waals surface area contributed by atoms with Crippen molar-refractivity contribution in [3.63, 3.8) is 0 Å². The van der Waals surface area contributed by atoms with Gasteiger partial charge in [0.25, 0.3) is 0 Å². The zero-order valence-corrected chi connectivity index (χ0v) is 5.55. The molecule has 0 fully saturated rings. The van der Waals surface area contributed by atoms with Crippen molar-refractivity contribution < 1.29 is 3.79 Å². The third-order valence-electron chi connectivity index (χ3n) is 0.451. The average molecular weight is 101 g/mol. The van der Waals surface area contributed by atoms with E-state index >= 15 is 0 Å². The van der Waals surface area contributed by atoms with Crippen LogP contribution in [0.3, 0.4) is 0 Å². The zero-order valence-electron chi connectivity index (χ0n) is 4.40. The molecule has 0 saturated carbocycles. The van der Waals surface area contributed by atoms with Gasteiger partial charge in [-0.3, -0.25) is 0 Å². The van der Waals surface area contributed by atoms with Crippen LogP contribution in [0.2, 0.25) is 5.28 Å². The normalized spacial score (nSPS) is 8.33. The van der Waals surface area contributed by atoms with Crippen LogP contribution >= 0.6 is 0 Å². The fraction of sp³-hybridized carbons (Fsp3) is 1.00. The van der Waals surface area contributed by atoms with Gasteiger partial charge in [0.15, 0.2) is 0 Å². The molecule has 0 atom stereocenters. The Bertz CT molecular complexity index is 19.5. The molecule has 6 heavy (non-hydrogen) atoms. The van der Waals surface area contributed by atoms with Gasteiger partial charge in [0.05, 0.1) is 0 Å². The molecule has 35 valence electrons. The lowest BCUT2D eigenvalue weighted by molar-refractivity contribution is 0.361. The van der Waals surface area contributed by atoms with E-state index in [-0.39, 0.29) is 0 Å². The topological polar surface area (TPSA) is 9.23 Å². The van der Waals surface area contributed by atoms with E-state index in [4.69, 9.17) is 3.79 Å². The third kappa shape index (κ3) is 4.49. The molecule has 1 radical (unpaired) electrons. The van der Waals surface area contributed by atoms with Crippen LogP contribution in [-0.2, 0) is 3.79 Å². The maximum absolute atomic E-state index is 5.07. The molecular formula is C4H10AlO. The van der Waals surface area contributed by atoms with E-state index < -0.39 is 0 Å². The highest BCUT2D eigenvalue weighted by molar-refractivity contribution is 6.26. The molecule has 0 aliphatic heterocycles. The monoisotopic (exact) mass is 101 g/mol. The van der Waals surface area contributed by atoms with Crippen molar-refractivity contribution in [2.45, 2.75) is 19.1 Å². The highest BCUT2D eigenvalue weighted by Gasteiger charge is 1.81. The van der Waals surface area contributed by atoms with Gasteiger partial charge in [0.1, 0.15) is 0 Å². The van der Waals surface area contributed by atoms with Crippen molar-refractivity contribution in [2.75, 3.05) is 6.61 Å². The smallest absolute Gasteiger partial charge is 0.423 e. The summed E-state index contributed by atoms with van der Waals surface area (Å²) in [5, 5.41) is 1.22. The zero-order chi connectivity index (χ0) is 4.83. The van der Waals surface area contributed by atoms with Crippen LogP contribution in [0.5, 0.6) is 0 Å². The second-order valence-corrected chi connectivity index (χ2v) is 2.51. The van der Waals surface area contributed by atoms with Crippen LogP contribution in [0.1, 0.15) is 13.8 Å². The van der Waals surface area contributed by atoms with Gasteiger partial charge in [0.2, 0.25) is 0 Å². The van der Waals surface area contributed by atoms with Gasteiger partial charge in [-0.15, -0.1) is 0 Å². The summed E-state index contributed by atoms with van der Waals surface area (Å²) in [5.74, 6) is 0. The fourth-order valence-corrected chi connectivity index (χ4v) is 0.707. The quantitative estimate of drug-likeness (QED) is 0.382. The van der Waals surface area contributed by atoms with Crippen molar-refractivity contribution in [1.82, 2.24) is 0 Å². The molecule has 0 aliphatic carbocycles. The average Bonchev–Trinajstić information content (AvgIpc) is 1.61. The minimum Gasteiger partial charge on any atom is -0.507 e. The largest absolute Gasteiger partial charge is 0.507 e. The Balaban J connectivity index is 2.34. The third-order valence-corrected chi connectivity index (χ3v) is 1.35. The Morgan fingerprint density at radius 2 is 2.17 bits per heavy atom. The van der Waals surface area contributed by atoms with E-state index in [1.807, 2.05) is 6.92 Å². The molecule has 0 heterocycles. The van der Waals surface area contributed by atoms with Gasteiger partial charge < -0.3 is 3.79 Å². The van der Waals surface area contributed by atoms with E-state index in [9.17, 15) is 0 Å². The highest BCUT2D eigenvalue weighted by atomic mass is 27.1. The van der Waals surface area contributed by atoms with E-state index in [0.29, 0.717) is 15.6 Å². The summed E-state index contributed by atoms with van der Waals surface area (Å²) in [5.41, 5.74) is 0. The van der Waals surface area contributed by atoms with Gasteiger partial charge in [0, 0.05) is 6.61 Å². The Labute approximate surface area is 45.7 Å². The number of hydrogen-bond donors (Lipinski definition) is 0. The molecule has 0 N–H and O–H groups in total. The molecule has 0 saturated heterocycles. The van der Waals surface area contributed by atoms with Crippen LogP contribution in [-0.4, -0.2) is 22.2 Å². The lowest BCUT2D eigenvalue weighted by Gasteiger charge is -1.89. The molecule has 0 spiro atoms. The maximum atomic E-state index is 5.07. The molecule has 0 rings (SSSR count). The molecule has 0 aromatic carbocycles. The van der Waals surface area contributed by atoms with Gasteiger partial charge in [-0.1, -0.05) is 12.2 Å². The minimum atomic E-state index is 0.318. The van der Waals surface area contributed by atoms with E-state index in [1.165, 1.54) is 5.28 Å². The van der Waals surface area contributed by atoms with Crippen molar-refractivity contribution in [3.05, 3.63) is 0 Å². The highest BCUT2D eigenvalue weighted by Crippen LogP contribution is 1.73. The van der Waals surface area contributed by atoms with Gasteiger partial charge in [-0.2, -0.15) is 0 Å². The maximum Gasteiger partial charge on any atom is 0.423 e. The van der Waals surface area contributed by atoms with Crippen LogP contribution in [0.25, 0.3) is 0 Å². The Morgan fingerprint density at radius 3 is 2.33 bits per heavy atom. The second kappa shape index (κ2) is 5.49. The molecule has 0 aromatic rings. The first-order chi connectivity index (χ1) is 2.91. The molecule has 2 heteroatoms. The molecule has 1 nitrogen and oxygen atoms in total. The predicted octanol–water partition coefficient (Wildman–Crippen LogP) is 1.08. The molecule has 0 aromatic heterocycles. The fourth-order valence-electron chi connectivity index (χ4n) is 0.236. The van der Waals surface area contributed by atoms with E-state index in [1.54, 1.807) is 0 Å². The van der Waals surface area contributed by atoms with Crippen molar-refractivity contribution in [1.29, 1.82) is 0 Å². The van der Waals surface area contributed by atoms with E-state index in [2.05, 4.69) is 6.92 Å². The lowest BCUT2D eigenvalue weighted by Crippen LogP contribution is -1.93. The Morgan fingerprint density at radius 1 is 1.50 bits per heavy atom. The summed E-state index contributed by atoms with van der Waals surface area (Å²) in [6, 6.07) is 0. The van der Waals surface area contributed by atoms with E-state index in [0.717, 1.165) is 6.61 Å². The number of hydrogen-bond acceptors (Lipinski definition) is 1. The van der Waals surface area contributed by atoms with Gasteiger partial charge in [-0.25, -0.2) is 0 Å². The molecule has 0 amide bonds. The summed E-state index contributed by atoms with van der Waals surface area (Å²) >= 11 is 0.318. The predicted molar refractivity (Wildman–Crippen MR) is 27.9 cm³/mol. The molecular weight excluding hydrogens is 91.0 g/mol. The summed E-state index contributed by atoms with van der Waals surface area (Å²) in [4.78, 5) is 0. The van der Waals surface area contributed by atoms with Crippen LogP contribution in [0, 0.1) is 0 Å². The second-order valence-electron chi connectivity index (χ2n) is 1.03. The van der Waals surface area contributed by atoms with Crippen molar-refractivity contribution in [3.8, 4) is 0 Å². The van der Waals surface area contributed by atoms with Crippen molar-refractivity contribution >= 4 is 15.6 Å². The van der Waals surface area contributed by atoms with Crippen LogP contribution in [0.15, 0.2) is 0 Å².